The van der Waals surface area contributed by atoms with E-state index in [9.17, 15) is 22.7 Å². The van der Waals surface area contributed by atoms with E-state index in [1.807, 2.05) is 32.4 Å². The van der Waals surface area contributed by atoms with Crippen molar-refractivity contribution in [2.24, 2.45) is 0 Å². The van der Waals surface area contributed by atoms with Crippen LogP contribution in [0.1, 0.15) is 70.1 Å². The van der Waals surface area contributed by atoms with Crippen molar-refractivity contribution in [3.05, 3.63) is 58.9 Å². The minimum atomic E-state index is -4.13. The molecule has 0 fully saturated rings. The molecule has 3 N–H and O–H groups in total. The third kappa shape index (κ3) is 5.58. The number of nitrogens with one attached hydrogen (secondary N) is 2. The SMILES string of the molecule is CC(C)c1cc(F)cc(C(C)C)c1NC(=O)NS(=O)(=O)c1ccc(C(C)(C)O)cc1. The molecule has 0 heterocycles. The molecule has 0 atom stereocenters. The molecule has 6 nitrogen and oxygen atoms in total. The highest BCUT2D eigenvalue weighted by Gasteiger charge is 2.23. The number of carbonyl (C=O) groups excluding carboxylic acids is 1. The summed E-state index contributed by atoms with van der Waals surface area (Å²) < 4.78 is 41.2. The molecule has 0 saturated carbocycles. The molecule has 0 saturated heterocycles. The second-order valence-electron chi connectivity index (χ2n) is 8.41. The number of hydrogen-bond acceptors (Lipinski definition) is 4. The molecule has 0 unspecified atom stereocenters. The first kappa shape index (κ1) is 23.8. The van der Waals surface area contributed by atoms with E-state index in [1.54, 1.807) is 13.8 Å². The quantitative estimate of drug-likeness (QED) is 0.605. The second-order valence-corrected chi connectivity index (χ2v) is 10.1. The lowest BCUT2D eigenvalue weighted by molar-refractivity contribution is 0.0785. The zero-order chi connectivity index (χ0) is 22.9. The lowest BCUT2D eigenvalue weighted by Crippen LogP contribution is -2.35. The fraction of sp³-hybridized carbons (Fsp3) is 0.409. The highest BCUT2D eigenvalue weighted by molar-refractivity contribution is 7.90. The first-order valence-electron chi connectivity index (χ1n) is 9.72. The Kier molecular flexibility index (Phi) is 6.94. The zero-order valence-corrected chi connectivity index (χ0v) is 18.9. The number of halogens is 1. The highest BCUT2D eigenvalue weighted by Crippen LogP contribution is 2.33. The van der Waals surface area contributed by atoms with Crippen molar-refractivity contribution in [2.75, 3.05) is 5.32 Å². The molecule has 0 aliphatic carbocycles. The van der Waals surface area contributed by atoms with Crippen molar-refractivity contribution in [1.29, 1.82) is 0 Å². The molecule has 8 heteroatoms. The van der Waals surface area contributed by atoms with Crippen LogP contribution in [0.3, 0.4) is 0 Å². The summed E-state index contributed by atoms with van der Waals surface area (Å²) in [5.41, 5.74) is 1.00. The predicted molar refractivity (Wildman–Crippen MR) is 116 cm³/mol. The van der Waals surface area contributed by atoms with Gasteiger partial charge in [-0.2, -0.15) is 0 Å². The Morgan fingerprint density at radius 2 is 1.47 bits per heavy atom. The summed E-state index contributed by atoms with van der Waals surface area (Å²) >= 11 is 0. The van der Waals surface area contributed by atoms with Gasteiger partial charge in [-0.15, -0.1) is 0 Å². The molecule has 2 amide bonds. The molecule has 0 aliphatic rings. The molecule has 0 spiro atoms. The molecular formula is C22H29FN2O4S. The van der Waals surface area contributed by atoms with E-state index >= 15 is 0 Å². The number of amides is 2. The van der Waals surface area contributed by atoms with Gasteiger partial charge in [-0.1, -0.05) is 39.8 Å². The second kappa shape index (κ2) is 8.73. The smallest absolute Gasteiger partial charge is 0.333 e. The normalized spacial score (nSPS) is 12.3. The van der Waals surface area contributed by atoms with Crippen LogP contribution in [0.2, 0.25) is 0 Å². The molecule has 0 radical (unpaired) electrons. The van der Waals surface area contributed by atoms with Gasteiger partial charge >= 0.3 is 6.03 Å². The van der Waals surface area contributed by atoms with Gasteiger partial charge in [-0.3, -0.25) is 0 Å². The minimum absolute atomic E-state index is 0.0838. The maximum absolute atomic E-state index is 14.0. The van der Waals surface area contributed by atoms with Crippen LogP contribution < -0.4 is 10.0 Å². The molecule has 30 heavy (non-hydrogen) atoms. The minimum Gasteiger partial charge on any atom is -0.386 e. The van der Waals surface area contributed by atoms with E-state index in [0.717, 1.165) is 0 Å². The number of sulfonamides is 1. The van der Waals surface area contributed by atoms with Gasteiger partial charge in [0.1, 0.15) is 5.82 Å². The summed E-state index contributed by atoms with van der Waals surface area (Å²) in [6.07, 6.45) is 0. The number of rotatable bonds is 6. The van der Waals surface area contributed by atoms with Gasteiger partial charge in [0.05, 0.1) is 10.5 Å². The van der Waals surface area contributed by atoms with E-state index < -0.39 is 27.5 Å². The predicted octanol–water partition coefficient (Wildman–Crippen LogP) is 4.81. The topological polar surface area (TPSA) is 95.5 Å². The monoisotopic (exact) mass is 436 g/mol. The number of urea groups is 1. The van der Waals surface area contributed by atoms with E-state index in [1.165, 1.54) is 36.4 Å². The third-order valence-electron chi connectivity index (χ3n) is 4.74. The summed E-state index contributed by atoms with van der Waals surface area (Å²) in [7, 11) is -4.13. The number of hydrogen-bond donors (Lipinski definition) is 3. The largest absolute Gasteiger partial charge is 0.386 e. The summed E-state index contributed by atoms with van der Waals surface area (Å²) in [6.45, 7) is 10.6. The maximum atomic E-state index is 14.0. The fourth-order valence-corrected chi connectivity index (χ4v) is 3.97. The molecule has 2 aromatic carbocycles. The highest BCUT2D eigenvalue weighted by atomic mass is 32.2. The van der Waals surface area contributed by atoms with Gasteiger partial charge in [-0.05, 0) is 66.6 Å². The first-order chi connectivity index (χ1) is 13.7. The zero-order valence-electron chi connectivity index (χ0n) is 18.1. The third-order valence-corrected chi connectivity index (χ3v) is 6.09. The van der Waals surface area contributed by atoms with Crippen LogP contribution in [-0.2, 0) is 15.6 Å². The van der Waals surface area contributed by atoms with Gasteiger partial charge in [0, 0.05) is 5.69 Å². The van der Waals surface area contributed by atoms with Crippen molar-refractivity contribution in [1.82, 2.24) is 4.72 Å². The van der Waals surface area contributed by atoms with Crippen molar-refractivity contribution in [3.8, 4) is 0 Å². The molecule has 2 aromatic rings. The van der Waals surface area contributed by atoms with Crippen molar-refractivity contribution < 1.29 is 22.7 Å². The van der Waals surface area contributed by atoms with Crippen LogP contribution >= 0.6 is 0 Å². The summed E-state index contributed by atoms with van der Waals surface area (Å²) in [5, 5.41) is 12.6. The standard InChI is InChI=1S/C22H29FN2O4S/c1-13(2)18-11-16(23)12-19(14(3)4)20(18)24-21(26)25-30(28,29)17-9-7-15(8-10-17)22(5,6)27/h7-14,27H,1-6H3,(H2,24,25,26). The van der Waals surface area contributed by atoms with E-state index in [-0.39, 0.29) is 16.7 Å². The van der Waals surface area contributed by atoms with E-state index in [0.29, 0.717) is 22.4 Å². The van der Waals surface area contributed by atoms with Crippen LogP contribution in [0.5, 0.6) is 0 Å². The van der Waals surface area contributed by atoms with Crippen LogP contribution in [0.4, 0.5) is 14.9 Å². The lowest BCUT2D eigenvalue weighted by atomic mass is 9.92. The van der Waals surface area contributed by atoms with Gasteiger partial charge < -0.3 is 10.4 Å². The molecule has 0 aromatic heterocycles. The average Bonchev–Trinajstić information content (AvgIpc) is 2.61. The summed E-state index contributed by atoms with van der Waals surface area (Å²) in [5.74, 6) is -0.577. The molecule has 0 aliphatic heterocycles. The molecule has 2 rings (SSSR count). The lowest BCUT2D eigenvalue weighted by Gasteiger charge is -2.21. The van der Waals surface area contributed by atoms with Crippen LogP contribution in [0.15, 0.2) is 41.3 Å². The van der Waals surface area contributed by atoms with Gasteiger partial charge in [0.25, 0.3) is 10.0 Å². The van der Waals surface area contributed by atoms with Crippen LogP contribution in [-0.4, -0.2) is 19.6 Å². The summed E-state index contributed by atoms with van der Waals surface area (Å²) in [6, 6.07) is 7.36. The number of carbonyl (C=O) groups is 1. The fourth-order valence-electron chi connectivity index (χ4n) is 3.07. The molecule has 164 valence electrons. The number of aliphatic hydroxyl groups is 1. The van der Waals surface area contributed by atoms with Crippen LogP contribution in [0.25, 0.3) is 0 Å². The Morgan fingerprint density at radius 3 is 1.87 bits per heavy atom. The van der Waals surface area contributed by atoms with Gasteiger partial charge in [0.2, 0.25) is 0 Å². The Balaban J connectivity index is 2.31. The molecular weight excluding hydrogens is 407 g/mol. The van der Waals surface area contributed by atoms with Gasteiger partial charge in [0.15, 0.2) is 0 Å². The van der Waals surface area contributed by atoms with Crippen molar-refractivity contribution >= 4 is 21.7 Å². The Labute approximate surface area is 177 Å². The Morgan fingerprint density at radius 1 is 1.00 bits per heavy atom. The number of benzene rings is 2. The number of anilines is 1. The first-order valence-corrected chi connectivity index (χ1v) is 11.2. The van der Waals surface area contributed by atoms with Crippen molar-refractivity contribution in [3.63, 3.8) is 0 Å². The van der Waals surface area contributed by atoms with Gasteiger partial charge in [-0.25, -0.2) is 22.3 Å². The maximum Gasteiger partial charge on any atom is 0.333 e. The van der Waals surface area contributed by atoms with E-state index in [2.05, 4.69) is 5.32 Å². The van der Waals surface area contributed by atoms with Crippen molar-refractivity contribution in [2.45, 2.75) is 63.9 Å². The molecule has 0 bridgehead atoms. The summed E-state index contributed by atoms with van der Waals surface area (Å²) in [4.78, 5) is 12.4. The Bertz CT molecular complexity index is 995. The average molecular weight is 437 g/mol. The van der Waals surface area contributed by atoms with E-state index in [4.69, 9.17) is 0 Å². The van der Waals surface area contributed by atoms with Crippen LogP contribution in [0, 0.1) is 5.82 Å². The Hall–Kier alpha value is -2.45.